The van der Waals surface area contributed by atoms with Crippen molar-refractivity contribution in [2.75, 3.05) is 7.11 Å². The van der Waals surface area contributed by atoms with Crippen molar-refractivity contribution in [1.82, 2.24) is 10.4 Å². The fourth-order valence-electron chi connectivity index (χ4n) is 3.65. The average molecular weight is 513 g/mol. The highest BCUT2D eigenvalue weighted by Gasteiger charge is 2.47. The first-order valence-electron chi connectivity index (χ1n) is 11.9. The maximum atomic E-state index is 13.2. The van der Waals surface area contributed by atoms with Gasteiger partial charge >= 0.3 is 18.0 Å². The van der Waals surface area contributed by atoms with Crippen LogP contribution in [-0.4, -0.2) is 59.9 Å². The molecule has 0 aliphatic carbocycles. The number of nitrogens with one attached hydrogen (secondary N) is 1. The van der Waals surface area contributed by atoms with Crippen molar-refractivity contribution >= 4 is 23.9 Å². The van der Waals surface area contributed by atoms with E-state index in [2.05, 4.69) is 5.32 Å². The summed E-state index contributed by atoms with van der Waals surface area (Å²) in [5, 5.41) is 3.37. The molecule has 1 N–H and O–H groups in total. The standard InChI is InChI=1S/C27H32N2O8/c1-27(2,3)36-26(33)29-21(25(32)34-4)16-22(37-29)23(30)28-20(15-18-11-7-5-8-12-18)24(31)35-17-19-13-9-6-10-14-19/h5-14,20-22H,15-17H2,1-4H3,(H,28,30)/t20-,21+,22-/m0/s1. The molecule has 0 unspecified atom stereocenters. The van der Waals surface area contributed by atoms with E-state index < -0.39 is 47.7 Å². The van der Waals surface area contributed by atoms with Crippen molar-refractivity contribution in [3.8, 4) is 0 Å². The van der Waals surface area contributed by atoms with Crippen LogP contribution >= 0.6 is 0 Å². The molecule has 10 nitrogen and oxygen atoms in total. The third-order valence-corrected chi connectivity index (χ3v) is 5.41. The first kappa shape index (κ1) is 27.7. The maximum Gasteiger partial charge on any atom is 0.435 e. The number of carbonyl (C=O) groups excluding carboxylic acids is 4. The lowest BCUT2D eigenvalue weighted by atomic mass is 10.0. The summed E-state index contributed by atoms with van der Waals surface area (Å²) >= 11 is 0. The summed E-state index contributed by atoms with van der Waals surface area (Å²) in [5.74, 6) is -2.07. The number of hydroxylamine groups is 2. The summed E-state index contributed by atoms with van der Waals surface area (Å²) in [6, 6.07) is 16.1. The predicted octanol–water partition coefficient (Wildman–Crippen LogP) is 2.94. The third-order valence-electron chi connectivity index (χ3n) is 5.41. The highest BCUT2D eigenvalue weighted by molar-refractivity contribution is 5.89. The minimum Gasteiger partial charge on any atom is -0.467 e. The SMILES string of the molecule is COC(=O)[C@H]1C[C@@H](C(=O)N[C@@H](Cc2ccccc2)C(=O)OCc2ccccc2)ON1C(=O)OC(C)(C)C. The molecule has 198 valence electrons. The van der Waals surface area contributed by atoms with Crippen molar-refractivity contribution < 1.29 is 38.2 Å². The molecule has 0 aromatic heterocycles. The molecule has 1 saturated heterocycles. The minimum atomic E-state index is -1.24. The molecule has 1 aliphatic heterocycles. The van der Waals surface area contributed by atoms with Gasteiger partial charge in [0, 0.05) is 12.8 Å². The molecule has 3 atom stereocenters. The zero-order chi connectivity index (χ0) is 27.0. The third kappa shape index (κ3) is 8.04. The first-order chi connectivity index (χ1) is 17.6. The fraction of sp³-hybridized carbons (Fsp3) is 0.407. The Balaban J connectivity index is 1.73. The number of amides is 2. The normalized spacial score (nSPS) is 18.0. The number of hydrogen-bond acceptors (Lipinski definition) is 8. The topological polar surface area (TPSA) is 120 Å². The Morgan fingerprint density at radius 2 is 1.59 bits per heavy atom. The van der Waals surface area contributed by atoms with Gasteiger partial charge in [0.25, 0.3) is 5.91 Å². The largest absolute Gasteiger partial charge is 0.467 e. The Labute approximate surface area is 215 Å². The van der Waals surface area contributed by atoms with Crippen LogP contribution in [0.15, 0.2) is 60.7 Å². The quantitative estimate of drug-likeness (QED) is 0.423. The van der Waals surface area contributed by atoms with E-state index in [0.717, 1.165) is 11.1 Å². The van der Waals surface area contributed by atoms with Gasteiger partial charge in [0.15, 0.2) is 12.1 Å². The van der Waals surface area contributed by atoms with E-state index in [1.807, 2.05) is 60.7 Å². The molecule has 0 spiro atoms. The highest BCUT2D eigenvalue weighted by Crippen LogP contribution is 2.25. The van der Waals surface area contributed by atoms with Gasteiger partial charge < -0.3 is 19.5 Å². The highest BCUT2D eigenvalue weighted by atomic mass is 16.8. The molecule has 0 bridgehead atoms. The molecule has 1 fully saturated rings. The zero-order valence-corrected chi connectivity index (χ0v) is 21.3. The number of methoxy groups -OCH3 is 1. The van der Waals surface area contributed by atoms with Gasteiger partial charge in [-0.2, -0.15) is 5.06 Å². The van der Waals surface area contributed by atoms with E-state index >= 15 is 0 Å². The zero-order valence-electron chi connectivity index (χ0n) is 21.3. The molecule has 3 rings (SSSR count). The van der Waals surface area contributed by atoms with E-state index in [4.69, 9.17) is 19.0 Å². The van der Waals surface area contributed by atoms with Crippen molar-refractivity contribution in [2.45, 2.75) is 64.0 Å². The number of hydrogen-bond donors (Lipinski definition) is 1. The lowest BCUT2D eigenvalue weighted by molar-refractivity contribution is -0.177. The second kappa shape index (κ2) is 12.4. The summed E-state index contributed by atoms with van der Waals surface area (Å²) in [5.41, 5.74) is 0.749. The maximum absolute atomic E-state index is 13.2. The van der Waals surface area contributed by atoms with Gasteiger partial charge in [-0.1, -0.05) is 60.7 Å². The monoisotopic (exact) mass is 512 g/mol. The Morgan fingerprint density at radius 3 is 2.16 bits per heavy atom. The molecular formula is C27H32N2O8. The van der Waals surface area contributed by atoms with Crippen LogP contribution in [0.4, 0.5) is 4.79 Å². The number of carbonyl (C=O) groups is 4. The summed E-state index contributed by atoms with van der Waals surface area (Å²) in [6.45, 7) is 5.02. The average Bonchev–Trinajstić information content (AvgIpc) is 3.33. The lowest BCUT2D eigenvalue weighted by Crippen LogP contribution is -2.47. The van der Waals surface area contributed by atoms with Crippen molar-refractivity contribution in [3.63, 3.8) is 0 Å². The molecule has 2 aromatic carbocycles. The molecule has 2 amide bonds. The van der Waals surface area contributed by atoms with Crippen LogP contribution in [0.25, 0.3) is 0 Å². The lowest BCUT2D eigenvalue weighted by Gasteiger charge is -2.26. The van der Waals surface area contributed by atoms with Gasteiger partial charge in [-0.05, 0) is 31.9 Å². The summed E-state index contributed by atoms with van der Waals surface area (Å²) in [7, 11) is 1.17. The van der Waals surface area contributed by atoms with E-state index in [1.54, 1.807) is 20.8 Å². The van der Waals surface area contributed by atoms with Gasteiger partial charge in [-0.3, -0.25) is 9.63 Å². The number of ether oxygens (including phenoxy) is 3. The second-order valence-electron chi connectivity index (χ2n) is 9.52. The summed E-state index contributed by atoms with van der Waals surface area (Å²) in [4.78, 5) is 56.6. The molecule has 1 aliphatic rings. The van der Waals surface area contributed by atoms with Gasteiger partial charge in [0.05, 0.1) is 7.11 Å². The first-order valence-corrected chi connectivity index (χ1v) is 11.9. The van der Waals surface area contributed by atoms with Crippen molar-refractivity contribution in [3.05, 3.63) is 71.8 Å². The fourth-order valence-corrected chi connectivity index (χ4v) is 3.65. The number of nitrogens with zero attached hydrogens (tertiary/aromatic N) is 1. The van der Waals surface area contributed by atoms with Gasteiger partial charge in [-0.25, -0.2) is 14.4 Å². The summed E-state index contributed by atoms with van der Waals surface area (Å²) < 4.78 is 15.5. The smallest absolute Gasteiger partial charge is 0.435 e. The second-order valence-corrected chi connectivity index (χ2v) is 9.52. The van der Waals surface area contributed by atoms with Crippen LogP contribution in [0.3, 0.4) is 0 Å². The van der Waals surface area contributed by atoms with Crippen LogP contribution in [-0.2, 0) is 46.5 Å². The van der Waals surface area contributed by atoms with E-state index in [1.165, 1.54) is 7.11 Å². The summed E-state index contributed by atoms with van der Waals surface area (Å²) in [6.07, 6.45) is -2.17. The van der Waals surface area contributed by atoms with Crippen LogP contribution in [0.2, 0.25) is 0 Å². The Hall–Kier alpha value is -3.92. The Bertz CT molecular complexity index is 1080. The van der Waals surface area contributed by atoms with Crippen LogP contribution in [0.1, 0.15) is 38.3 Å². The Morgan fingerprint density at radius 1 is 1.00 bits per heavy atom. The minimum absolute atomic E-state index is 0.0393. The van der Waals surface area contributed by atoms with Crippen molar-refractivity contribution in [2.24, 2.45) is 0 Å². The van der Waals surface area contributed by atoms with Crippen LogP contribution < -0.4 is 5.32 Å². The van der Waals surface area contributed by atoms with E-state index in [-0.39, 0.29) is 19.4 Å². The molecule has 0 saturated carbocycles. The van der Waals surface area contributed by atoms with Crippen molar-refractivity contribution in [1.29, 1.82) is 0 Å². The number of benzene rings is 2. The molecule has 1 heterocycles. The molecule has 37 heavy (non-hydrogen) atoms. The van der Waals surface area contributed by atoms with E-state index in [9.17, 15) is 19.2 Å². The molecule has 10 heteroatoms. The van der Waals surface area contributed by atoms with Crippen LogP contribution in [0.5, 0.6) is 0 Å². The molecule has 0 radical (unpaired) electrons. The van der Waals surface area contributed by atoms with Gasteiger partial charge in [0.1, 0.15) is 18.2 Å². The number of rotatable bonds is 8. The van der Waals surface area contributed by atoms with Gasteiger partial charge in [0.2, 0.25) is 0 Å². The van der Waals surface area contributed by atoms with E-state index in [0.29, 0.717) is 5.06 Å². The molecular weight excluding hydrogens is 480 g/mol. The Kier molecular flexibility index (Phi) is 9.24. The number of esters is 2. The van der Waals surface area contributed by atoms with Crippen LogP contribution in [0, 0.1) is 0 Å². The molecule has 2 aromatic rings. The predicted molar refractivity (Wildman–Crippen MR) is 132 cm³/mol. The van der Waals surface area contributed by atoms with Gasteiger partial charge in [-0.15, -0.1) is 0 Å².